The first-order valence-electron chi connectivity index (χ1n) is 2.76. The van der Waals surface area contributed by atoms with Gasteiger partial charge in [0.2, 0.25) is 0 Å². The van der Waals surface area contributed by atoms with Crippen molar-refractivity contribution < 1.29 is 4.21 Å². The third-order valence-electron chi connectivity index (χ3n) is 0.853. The first-order valence-corrected chi connectivity index (χ1v) is 4.70. The molecule has 4 nitrogen and oxygen atoms in total. The predicted octanol–water partition coefficient (Wildman–Crippen LogP) is 0.835. The number of hydrogen-bond donors (Lipinski definition) is 1. The number of anilines is 1. The van der Waals surface area contributed by atoms with Gasteiger partial charge >= 0.3 is 0 Å². The average Bonchev–Trinajstić information content (AvgIpc) is 1.85. The zero-order valence-corrected chi connectivity index (χ0v) is 7.32. The van der Waals surface area contributed by atoms with Gasteiger partial charge in [-0.3, -0.25) is 9.71 Å². The molecule has 0 amide bonds. The number of hydrogen-bond acceptors (Lipinski definition) is 3. The molecule has 1 N–H and O–H groups in total. The average molecular weight is 192 g/mol. The molecular weight excluding hydrogens is 186 g/mol. The lowest BCUT2D eigenvalue weighted by Gasteiger charge is -1.98. The molecule has 0 aromatic carbocycles. The van der Waals surface area contributed by atoms with Crippen LogP contribution in [0.4, 0.5) is 5.82 Å². The fraction of sp³-hybridized carbons (Fsp3) is 0.200. The molecule has 0 aliphatic heterocycles. The van der Waals surface area contributed by atoms with Gasteiger partial charge in [0.25, 0.3) is 0 Å². The van der Waals surface area contributed by atoms with Crippen LogP contribution in [0.3, 0.4) is 0 Å². The Balaban J connectivity index is 2.79. The molecule has 0 saturated heterocycles. The highest BCUT2D eigenvalue weighted by atomic mass is 35.5. The van der Waals surface area contributed by atoms with Gasteiger partial charge in [0, 0.05) is 6.26 Å². The van der Waals surface area contributed by atoms with Gasteiger partial charge in [-0.25, -0.2) is 9.19 Å². The smallest absolute Gasteiger partial charge is 0.157 e. The predicted molar refractivity (Wildman–Crippen MR) is 44.7 cm³/mol. The van der Waals surface area contributed by atoms with Crippen LogP contribution in [0.5, 0.6) is 0 Å². The Labute approximate surface area is 71.6 Å². The zero-order chi connectivity index (χ0) is 8.27. The number of nitrogens with zero attached hydrogens (tertiary/aromatic N) is 2. The van der Waals surface area contributed by atoms with Gasteiger partial charge in [-0.05, 0) is 0 Å². The van der Waals surface area contributed by atoms with E-state index in [9.17, 15) is 4.21 Å². The maximum Gasteiger partial charge on any atom is 0.157 e. The quantitative estimate of drug-likeness (QED) is 0.754. The summed E-state index contributed by atoms with van der Waals surface area (Å²) in [5.41, 5.74) is 0. The molecule has 0 spiro atoms. The topological polar surface area (TPSA) is 54.9 Å². The van der Waals surface area contributed by atoms with Crippen LogP contribution in [-0.4, -0.2) is 20.4 Å². The summed E-state index contributed by atoms with van der Waals surface area (Å²) in [5, 5.41) is 0.278. The fourth-order valence-corrected chi connectivity index (χ4v) is 1.08. The van der Waals surface area contributed by atoms with Gasteiger partial charge in [0.05, 0.1) is 12.4 Å². The van der Waals surface area contributed by atoms with Crippen molar-refractivity contribution >= 4 is 28.4 Å². The minimum absolute atomic E-state index is 0.278. The molecular formula is C5H6ClN3OS. The normalized spacial score (nSPS) is 12.5. The highest BCUT2D eigenvalue weighted by Gasteiger charge is 1.95. The van der Waals surface area contributed by atoms with Crippen molar-refractivity contribution in [1.29, 1.82) is 0 Å². The van der Waals surface area contributed by atoms with Gasteiger partial charge in [-0.1, -0.05) is 11.6 Å². The minimum Gasteiger partial charge on any atom is -0.288 e. The van der Waals surface area contributed by atoms with Crippen LogP contribution in [0.2, 0.25) is 5.15 Å². The standard InChI is InChI=1S/C5H6ClN3OS/c1-11(10)9-5-3-7-2-4(6)8-5/h2-3H,1H3,(H,8,9). The summed E-state index contributed by atoms with van der Waals surface area (Å²) in [6.07, 6.45) is 4.36. The molecule has 0 aliphatic rings. The van der Waals surface area contributed by atoms with E-state index in [1.807, 2.05) is 0 Å². The molecule has 1 unspecified atom stereocenters. The van der Waals surface area contributed by atoms with Gasteiger partial charge < -0.3 is 0 Å². The van der Waals surface area contributed by atoms with Crippen molar-refractivity contribution in [2.75, 3.05) is 11.0 Å². The Morgan fingerprint density at radius 2 is 2.36 bits per heavy atom. The monoisotopic (exact) mass is 191 g/mol. The zero-order valence-electron chi connectivity index (χ0n) is 5.74. The summed E-state index contributed by atoms with van der Waals surface area (Å²) in [5.74, 6) is 0.415. The van der Waals surface area contributed by atoms with E-state index in [0.29, 0.717) is 5.82 Å². The van der Waals surface area contributed by atoms with Gasteiger partial charge in [0.1, 0.15) is 16.1 Å². The SMILES string of the molecule is CS(=O)Nc1cncc(Cl)n1. The van der Waals surface area contributed by atoms with Crippen LogP contribution in [0, 0.1) is 0 Å². The van der Waals surface area contributed by atoms with E-state index in [0.717, 1.165) is 0 Å². The van der Waals surface area contributed by atoms with E-state index in [1.54, 1.807) is 0 Å². The molecule has 1 aromatic heterocycles. The lowest BCUT2D eigenvalue weighted by molar-refractivity contribution is 0.689. The summed E-state index contributed by atoms with van der Waals surface area (Å²) in [4.78, 5) is 7.56. The van der Waals surface area contributed by atoms with Crippen LogP contribution < -0.4 is 4.72 Å². The Morgan fingerprint density at radius 3 is 2.91 bits per heavy atom. The van der Waals surface area contributed by atoms with E-state index in [4.69, 9.17) is 11.6 Å². The number of rotatable bonds is 2. The molecule has 1 aromatic rings. The number of aromatic nitrogens is 2. The van der Waals surface area contributed by atoms with E-state index in [2.05, 4.69) is 14.7 Å². The highest BCUT2D eigenvalue weighted by Crippen LogP contribution is 2.06. The van der Waals surface area contributed by atoms with Crippen molar-refractivity contribution in [3.05, 3.63) is 17.5 Å². The maximum absolute atomic E-state index is 10.6. The largest absolute Gasteiger partial charge is 0.288 e. The van der Waals surface area contributed by atoms with Crippen molar-refractivity contribution in [3.8, 4) is 0 Å². The Morgan fingerprint density at radius 1 is 1.64 bits per heavy atom. The van der Waals surface area contributed by atoms with Crippen LogP contribution in [0.15, 0.2) is 12.4 Å². The van der Waals surface area contributed by atoms with Crippen LogP contribution in [0.1, 0.15) is 0 Å². The minimum atomic E-state index is -1.14. The van der Waals surface area contributed by atoms with Gasteiger partial charge in [-0.15, -0.1) is 0 Å². The third-order valence-corrected chi connectivity index (χ3v) is 1.53. The molecule has 11 heavy (non-hydrogen) atoms. The lowest BCUT2D eigenvalue weighted by atomic mass is 10.7. The second-order valence-electron chi connectivity index (χ2n) is 1.78. The van der Waals surface area contributed by atoms with Gasteiger partial charge in [0.15, 0.2) is 5.82 Å². The van der Waals surface area contributed by atoms with Crippen molar-refractivity contribution in [1.82, 2.24) is 9.97 Å². The van der Waals surface area contributed by atoms with Crippen molar-refractivity contribution in [3.63, 3.8) is 0 Å². The maximum atomic E-state index is 10.6. The molecule has 6 heteroatoms. The number of nitrogens with one attached hydrogen (secondary N) is 1. The molecule has 0 bridgehead atoms. The molecule has 0 radical (unpaired) electrons. The fourth-order valence-electron chi connectivity index (χ4n) is 0.539. The first kappa shape index (κ1) is 8.42. The van der Waals surface area contributed by atoms with Crippen LogP contribution in [-0.2, 0) is 11.0 Å². The summed E-state index contributed by atoms with van der Waals surface area (Å²) >= 11 is 5.52. The summed E-state index contributed by atoms with van der Waals surface area (Å²) in [6, 6.07) is 0. The molecule has 1 rings (SSSR count). The Bertz CT molecular complexity index is 280. The molecule has 0 aliphatic carbocycles. The molecule has 60 valence electrons. The summed E-state index contributed by atoms with van der Waals surface area (Å²) in [7, 11) is -1.14. The lowest BCUT2D eigenvalue weighted by Crippen LogP contribution is -2.03. The Kier molecular flexibility index (Phi) is 2.78. The van der Waals surface area contributed by atoms with E-state index < -0.39 is 11.0 Å². The molecule has 1 atom stereocenters. The second kappa shape index (κ2) is 3.64. The molecule has 0 fully saturated rings. The van der Waals surface area contributed by atoms with E-state index >= 15 is 0 Å². The van der Waals surface area contributed by atoms with Gasteiger partial charge in [-0.2, -0.15) is 0 Å². The number of halogens is 1. The van der Waals surface area contributed by atoms with Crippen LogP contribution in [0.25, 0.3) is 0 Å². The third kappa shape index (κ3) is 2.81. The van der Waals surface area contributed by atoms with Crippen LogP contribution >= 0.6 is 11.6 Å². The molecule has 1 heterocycles. The highest BCUT2D eigenvalue weighted by molar-refractivity contribution is 7.85. The van der Waals surface area contributed by atoms with Crippen molar-refractivity contribution in [2.24, 2.45) is 0 Å². The first-order chi connectivity index (χ1) is 5.18. The van der Waals surface area contributed by atoms with Crippen molar-refractivity contribution in [2.45, 2.75) is 0 Å². The molecule has 0 saturated carbocycles. The van der Waals surface area contributed by atoms with E-state index in [1.165, 1.54) is 18.6 Å². The van der Waals surface area contributed by atoms with E-state index in [-0.39, 0.29) is 5.15 Å². The Hall–Kier alpha value is -0.680. The second-order valence-corrected chi connectivity index (χ2v) is 3.28. The summed E-state index contributed by atoms with van der Waals surface area (Å²) in [6.45, 7) is 0. The summed E-state index contributed by atoms with van der Waals surface area (Å²) < 4.78 is 13.2.